The Morgan fingerprint density at radius 3 is 2.83 bits per heavy atom. The minimum Gasteiger partial charge on any atom is -0.299 e. The van der Waals surface area contributed by atoms with Crippen LogP contribution in [0.5, 0.6) is 0 Å². The fourth-order valence-electron chi connectivity index (χ4n) is 3.17. The van der Waals surface area contributed by atoms with Crippen molar-refractivity contribution < 1.29 is 0 Å². The van der Waals surface area contributed by atoms with Gasteiger partial charge in [-0.05, 0) is 37.0 Å². The molecule has 1 saturated heterocycles. The first-order valence-corrected chi connectivity index (χ1v) is 5.58. The molecule has 4 unspecified atom stereocenters. The molecule has 3 rings (SSSR count). The minimum absolute atomic E-state index is 1.03. The van der Waals surface area contributed by atoms with Crippen molar-refractivity contribution in [2.24, 2.45) is 17.8 Å². The first-order valence-electron chi connectivity index (χ1n) is 5.58. The van der Waals surface area contributed by atoms with E-state index in [9.17, 15) is 0 Å². The second-order valence-corrected chi connectivity index (χ2v) is 5.19. The lowest BCUT2D eigenvalue weighted by molar-refractivity contribution is 0.0329. The number of nitrogens with zero attached hydrogens (tertiary/aromatic N) is 1. The van der Waals surface area contributed by atoms with Crippen LogP contribution in [0, 0.1) is 17.8 Å². The van der Waals surface area contributed by atoms with Crippen molar-refractivity contribution in [1.82, 2.24) is 4.90 Å². The van der Waals surface area contributed by atoms with Crippen LogP contribution in [0.1, 0.15) is 32.6 Å². The fraction of sp³-hybridized carbons (Fsp3) is 1.00. The van der Waals surface area contributed by atoms with Gasteiger partial charge in [-0.2, -0.15) is 0 Å². The predicted molar refractivity (Wildman–Crippen MR) is 50.0 cm³/mol. The molecule has 0 spiro atoms. The van der Waals surface area contributed by atoms with Crippen LogP contribution in [0.25, 0.3) is 0 Å². The molecule has 0 radical (unpaired) electrons. The van der Waals surface area contributed by atoms with Crippen molar-refractivity contribution in [1.29, 1.82) is 0 Å². The van der Waals surface area contributed by atoms with Crippen LogP contribution in [0.15, 0.2) is 0 Å². The number of likely N-dealkylation sites (tertiary alicyclic amines) is 1. The third-order valence-corrected chi connectivity index (χ3v) is 4.30. The van der Waals surface area contributed by atoms with Gasteiger partial charge in [0.2, 0.25) is 0 Å². The molecule has 0 amide bonds. The lowest BCUT2D eigenvalue weighted by Gasteiger charge is -2.45. The third-order valence-electron chi connectivity index (χ3n) is 4.30. The van der Waals surface area contributed by atoms with Crippen LogP contribution in [-0.4, -0.2) is 24.0 Å². The first-order chi connectivity index (χ1) is 5.84. The van der Waals surface area contributed by atoms with Crippen LogP contribution >= 0.6 is 0 Å². The summed E-state index contributed by atoms with van der Waals surface area (Å²) in [7, 11) is 0. The number of hydrogen-bond acceptors (Lipinski definition) is 1. The van der Waals surface area contributed by atoms with E-state index in [0.717, 1.165) is 23.8 Å². The van der Waals surface area contributed by atoms with Gasteiger partial charge in [-0.15, -0.1) is 0 Å². The molecule has 4 atom stereocenters. The molecule has 0 bridgehead atoms. The summed E-state index contributed by atoms with van der Waals surface area (Å²) in [5.41, 5.74) is 0. The number of fused-ring (bicyclic) bond motifs is 1. The van der Waals surface area contributed by atoms with Crippen molar-refractivity contribution in [3.63, 3.8) is 0 Å². The van der Waals surface area contributed by atoms with Crippen LogP contribution in [-0.2, 0) is 0 Å². The first kappa shape index (κ1) is 7.37. The zero-order valence-electron chi connectivity index (χ0n) is 8.00. The van der Waals surface area contributed by atoms with E-state index in [2.05, 4.69) is 11.8 Å². The Labute approximate surface area is 75.1 Å². The molecule has 2 saturated carbocycles. The third kappa shape index (κ3) is 1.02. The maximum atomic E-state index is 2.76. The summed E-state index contributed by atoms with van der Waals surface area (Å²) in [6.45, 7) is 5.27. The van der Waals surface area contributed by atoms with Crippen molar-refractivity contribution in [3.05, 3.63) is 0 Å². The highest BCUT2D eigenvalue weighted by Gasteiger charge is 2.45. The summed E-state index contributed by atoms with van der Waals surface area (Å²) in [6.07, 6.45) is 6.05. The highest BCUT2D eigenvalue weighted by Crippen LogP contribution is 2.44. The van der Waals surface area contributed by atoms with E-state index >= 15 is 0 Å². The van der Waals surface area contributed by atoms with E-state index in [1.54, 1.807) is 0 Å². The molecule has 3 fully saturated rings. The second kappa shape index (κ2) is 2.47. The van der Waals surface area contributed by atoms with Crippen LogP contribution in [0.3, 0.4) is 0 Å². The normalized spacial score (nSPS) is 51.8. The summed E-state index contributed by atoms with van der Waals surface area (Å²) in [5, 5.41) is 0. The molecule has 0 N–H and O–H groups in total. The van der Waals surface area contributed by atoms with Gasteiger partial charge < -0.3 is 0 Å². The zero-order valence-corrected chi connectivity index (χ0v) is 8.00. The molecule has 1 nitrogen and oxygen atoms in total. The van der Waals surface area contributed by atoms with Gasteiger partial charge in [0.05, 0.1) is 0 Å². The van der Waals surface area contributed by atoms with Crippen LogP contribution in [0.4, 0.5) is 0 Å². The molecule has 1 heteroatoms. The molecule has 1 heterocycles. The summed E-state index contributed by atoms with van der Waals surface area (Å²) in [4.78, 5) is 2.76. The summed E-state index contributed by atoms with van der Waals surface area (Å²) < 4.78 is 0. The van der Waals surface area contributed by atoms with E-state index in [4.69, 9.17) is 0 Å². The van der Waals surface area contributed by atoms with Gasteiger partial charge in [-0.3, -0.25) is 4.90 Å². The van der Waals surface area contributed by atoms with Crippen LogP contribution < -0.4 is 0 Å². The maximum absolute atomic E-state index is 2.76. The van der Waals surface area contributed by atoms with E-state index in [1.807, 2.05) is 0 Å². The fourth-order valence-corrected chi connectivity index (χ4v) is 3.17. The summed E-state index contributed by atoms with van der Waals surface area (Å²) in [6, 6.07) is 1.03. The molecule has 2 aliphatic carbocycles. The average Bonchev–Trinajstić information content (AvgIpc) is 2.57. The largest absolute Gasteiger partial charge is 0.299 e. The monoisotopic (exact) mass is 165 g/mol. The van der Waals surface area contributed by atoms with E-state index < -0.39 is 0 Å². The number of hydrogen-bond donors (Lipinski definition) is 0. The van der Waals surface area contributed by atoms with E-state index in [-0.39, 0.29) is 0 Å². The van der Waals surface area contributed by atoms with Gasteiger partial charge in [-0.1, -0.05) is 13.3 Å². The Hall–Kier alpha value is -0.0400. The smallest absolute Gasteiger partial charge is 0.0136 e. The standard InChI is InChI=1S/C11H19N/c1-8-5-10(8)7-12-6-9-3-2-4-11(9)12/h8-11H,2-7H2,1H3. The van der Waals surface area contributed by atoms with Crippen molar-refractivity contribution in [2.75, 3.05) is 13.1 Å². The molecule has 68 valence electrons. The molecule has 12 heavy (non-hydrogen) atoms. The van der Waals surface area contributed by atoms with Gasteiger partial charge in [-0.25, -0.2) is 0 Å². The Balaban J connectivity index is 1.52. The molecular weight excluding hydrogens is 146 g/mol. The highest BCUT2D eigenvalue weighted by atomic mass is 15.2. The Morgan fingerprint density at radius 2 is 2.17 bits per heavy atom. The molecule has 0 aromatic rings. The highest BCUT2D eigenvalue weighted by molar-refractivity contribution is 4.98. The summed E-state index contributed by atoms with van der Waals surface area (Å²) in [5.74, 6) is 3.23. The molecule has 0 aromatic carbocycles. The molecule has 3 aliphatic rings. The van der Waals surface area contributed by atoms with E-state index in [1.165, 1.54) is 38.8 Å². The quantitative estimate of drug-likeness (QED) is 0.606. The second-order valence-electron chi connectivity index (χ2n) is 5.19. The lowest BCUT2D eigenvalue weighted by atomic mass is 9.91. The van der Waals surface area contributed by atoms with Gasteiger partial charge in [0.15, 0.2) is 0 Å². The maximum Gasteiger partial charge on any atom is 0.0136 e. The number of rotatable bonds is 2. The minimum atomic E-state index is 1.03. The Morgan fingerprint density at radius 1 is 1.33 bits per heavy atom. The summed E-state index contributed by atoms with van der Waals surface area (Å²) >= 11 is 0. The van der Waals surface area contributed by atoms with Crippen molar-refractivity contribution in [3.8, 4) is 0 Å². The topological polar surface area (TPSA) is 3.24 Å². The SMILES string of the molecule is CC1CC1CN1CC2CCCC21. The van der Waals surface area contributed by atoms with Crippen molar-refractivity contribution in [2.45, 2.75) is 38.6 Å². The van der Waals surface area contributed by atoms with Crippen LogP contribution in [0.2, 0.25) is 0 Å². The predicted octanol–water partition coefficient (Wildman–Crippen LogP) is 2.13. The molecule has 0 aromatic heterocycles. The zero-order chi connectivity index (χ0) is 8.13. The lowest BCUT2D eigenvalue weighted by Crippen LogP contribution is -2.53. The van der Waals surface area contributed by atoms with Gasteiger partial charge in [0.1, 0.15) is 0 Å². The Bertz CT molecular complexity index is 189. The molecule has 1 aliphatic heterocycles. The van der Waals surface area contributed by atoms with Gasteiger partial charge in [0, 0.05) is 19.1 Å². The van der Waals surface area contributed by atoms with E-state index in [0.29, 0.717) is 0 Å². The Kier molecular flexibility index (Phi) is 1.52. The van der Waals surface area contributed by atoms with Gasteiger partial charge in [0.25, 0.3) is 0 Å². The molecular formula is C11H19N. The van der Waals surface area contributed by atoms with Gasteiger partial charge >= 0.3 is 0 Å². The van der Waals surface area contributed by atoms with Crippen molar-refractivity contribution >= 4 is 0 Å². The average molecular weight is 165 g/mol.